The van der Waals surface area contributed by atoms with Crippen LogP contribution in [0.4, 0.5) is 5.69 Å². The van der Waals surface area contributed by atoms with Gasteiger partial charge in [0.25, 0.3) is 5.91 Å². The summed E-state index contributed by atoms with van der Waals surface area (Å²) < 4.78 is 0. The summed E-state index contributed by atoms with van der Waals surface area (Å²) in [5, 5.41) is 2.98. The average Bonchev–Trinajstić information content (AvgIpc) is 2.94. The molecular weight excluding hydrogens is 294 g/mol. The summed E-state index contributed by atoms with van der Waals surface area (Å²) in [7, 11) is 0. The molecule has 2 heteroatoms. The SMILES string of the molecule is Cc1ccc(/C(=C2\C(=O)Nc3ccccc32)c2ccccc2)cc1. The van der Waals surface area contributed by atoms with Crippen molar-refractivity contribution in [2.24, 2.45) is 0 Å². The van der Waals surface area contributed by atoms with Gasteiger partial charge in [-0.25, -0.2) is 0 Å². The van der Waals surface area contributed by atoms with Crippen LogP contribution in [-0.2, 0) is 4.79 Å². The van der Waals surface area contributed by atoms with Crippen LogP contribution in [-0.4, -0.2) is 5.91 Å². The highest BCUT2D eigenvalue weighted by Crippen LogP contribution is 2.39. The normalized spacial score (nSPS) is 15.0. The Bertz CT molecular complexity index is 937. The highest BCUT2D eigenvalue weighted by molar-refractivity contribution is 6.38. The molecule has 0 atom stereocenters. The Hall–Kier alpha value is -3.13. The van der Waals surface area contributed by atoms with E-state index in [-0.39, 0.29) is 5.91 Å². The summed E-state index contributed by atoms with van der Waals surface area (Å²) in [4.78, 5) is 12.7. The van der Waals surface area contributed by atoms with E-state index in [1.807, 2.05) is 42.5 Å². The minimum atomic E-state index is -0.0457. The third-order valence-corrected chi connectivity index (χ3v) is 4.32. The lowest BCUT2D eigenvalue weighted by Crippen LogP contribution is -2.06. The van der Waals surface area contributed by atoms with Crippen LogP contribution < -0.4 is 5.32 Å². The Morgan fingerprint density at radius 1 is 0.750 bits per heavy atom. The summed E-state index contributed by atoms with van der Waals surface area (Å²) in [6.07, 6.45) is 0. The fourth-order valence-electron chi connectivity index (χ4n) is 3.15. The number of hydrogen-bond donors (Lipinski definition) is 1. The molecule has 4 rings (SSSR count). The van der Waals surface area contributed by atoms with Gasteiger partial charge < -0.3 is 5.32 Å². The van der Waals surface area contributed by atoms with E-state index in [0.717, 1.165) is 33.5 Å². The molecule has 0 aromatic heterocycles. The van der Waals surface area contributed by atoms with Crippen LogP contribution >= 0.6 is 0 Å². The topological polar surface area (TPSA) is 29.1 Å². The van der Waals surface area contributed by atoms with Crippen molar-refractivity contribution in [3.63, 3.8) is 0 Å². The van der Waals surface area contributed by atoms with Crippen molar-refractivity contribution < 1.29 is 4.79 Å². The Balaban J connectivity index is 2.03. The maximum absolute atomic E-state index is 12.7. The number of aryl methyl sites for hydroxylation is 1. The van der Waals surface area contributed by atoms with E-state index in [0.29, 0.717) is 0 Å². The van der Waals surface area contributed by atoms with Gasteiger partial charge in [0.05, 0.1) is 5.57 Å². The molecule has 116 valence electrons. The number of anilines is 1. The Labute approximate surface area is 141 Å². The maximum Gasteiger partial charge on any atom is 0.257 e. The molecule has 1 aliphatic rings. The third-order valence-electron chi connectivity index (χ3n) is 4.32. The molecule has 0 fully saturated rings. The van der Waals surface area contributed by atoms with E-state index in [2.05, 4.69) is 48.6 Å². The first kappa shape index (κ1) is 14.5. The van der Waals surface area contributed by atoms with Crippen LogP contribution in [0.25, 0.3) is 11.1 Å². The second-order valence-corrected chi connectivity index (χ2v) is 5.98. The van der Waals surface area contributed by atoms with E-state index in [1.54, 1.807) is 0 Å². The molecule has 2 nitrogen and oxygen atoms in total. The Kier molecular flexibility index (Phi) is 3.51. The minimum absolute atomic E-state index is 0.0457. The number of carbonyl (C=O) groups excluding carboxylic acids is 1. The molecule has 24 heavy (non-hydrogen) atoms. The molecule has 0 bridgehead atoms. The van der Waals surface area contributed by atoms with E-state index in [9.17, 15) is 4.79 Å². The summed E-state index contributed by atoms with van der Waals surface area (Å²) in [6.45, 7) is 2.07. The lowest BCUT2D eigenvalue weighted by molar-refractivity contribution is -0.110. The van der Waals surface area contributed by atoms with Crippen LogP contribution in [0.15, 0.2) is 78.9 Å². The van der Waals surface area contributed by atoms with Crippen LogP contribution in [0.5, 0.6) is 0 Å². The second-order valence-electron chi connectivity index (χ2n) is 5.98. The molecular formula is C22H17NO. The average molecular weight is 311 g/mol. The van der Waals surface area contributed by atoms with Crippen LogP contribution in [0.2, 0.25) is 0 Å². The number of rotatable bonds is 2. The van der Waals surface area contributed by atoms with Gasteiger partial charge in [0.2, 0.25) is 0 Å². The summed E-state index contributed by atoms with van der Waals surface area (Å²) in [5.41, 5.74) is 6.84. The van der Waals surface area contributed by atoms with Gasteiger partial charge in [-0.15, -0.1) is 0 Å². The summed E-state index contributed by atoms with van der Waals surface area (Å²) in [6, 6.07) is 26.3. The van der Waals surface area contributed by atoms with Gasteiger partial charge in [0.1, 0.15) is 0 Å². The van der Waals surface area contributed by atoms with E-state index < -0.39 is 0 Å². The van der Waals surface area contributed by atoms with Crippen molar-refractivity contribution in [2.45, 2.75) is 6.92 Å². The van der Waals surface area contributed by atoms with Gasteiger partial charge in [-0.1, -0.05) is 78.4 Å². The Morgan fingerprint density at radius 3 is 2.12 bits per heavy atom. The standard InChI is InChI=1S/C22H17NO/c1-15-11-13-17(14-12-15)20(16-7-3-2-4-8-16)21-18-9-5-6-10-19(18)23-22(21)24/h2-14H,1H3,(H,23,24)/b21-20-. The first-order valence-electron chi connectivity index (χ1n) is 8.01. The third kappa shape index (κ3) is 2.42. The largest absolute Gasteiger partial charge is 0.321 e. The molecule has 0 saturated carbocycles. The first-order valence-corrected chi connectivity index (χ1v) is 8.01. The van der Waals surface area contributed by atoms with Crippen molar-refractivity contribution in [3.8, 4) is 0 Å². The lowest BCUT2D eigenvalue weighted by atomic mass is 9.90. The smallest absolute Gasteiger partial charge is 0.257 e. The molecule has 1 aliphatic heterocycles. The second kappa shape index (κ2) is 5.82. The zero-order valence-corrected chi connectivity index (χ0v) is 13.4. The molecule has 3 aromatic rings. The molecule has 1 amide bonds. The molecule has 1 N–H and O–H groups in total. The van der Waals surface area contributed by atoms with Gasteiger partial charge in [0, 0.05) is 16.8 Å². The number of fused-ring (bicyclic) bond motifs is 1. The van der Waals surface area contributed by atoms with Gasteiger partial charge in [0.15, 0.2) is 0 Å². The zero-order valence-electron chi connectivity index (χ0n) is 13.4. The zero-order chi connectivity index (χ0) is 16.5. The van der Waals surface area contributed by atoms with Crippen LogP contribution in [0, 0.1) is 6.92 Å². The molecule has 0 radical (unpaired) electrons. The van der Waals surface area contributed by atoms with Crippen molar-refractivity contribution >= 4 is 22.7 Å². The molecule has 0 unspecified atom stereocenters. The van der Waals surface area contributed by atoms with Gasteiger partial charge >= 0.3 is 0 Å². The minimum Gasteiger partial charge on any atom is -0.321 e. The Morgan fingerprint density at radius 2 is 1.38 bits per heavy atom. The quantitative estimate of drug-likeness (QED) is 0.670. The number of amides is 1. The number of hydrogen-bond acceptors (Lipinski definition) is 1. The summed E-state index contributed by atoms with van der Waals surface area (Å²) >= 11 is 0. The number of carbonyl (C=O) groups is 1. The summed E-state index contributed by atoms with van der Waals surface area (Å²) in [5.74, 6) is -0.0457. The van der Waals surface area contributed by atoms with E-state index in [4.69, 9.17) is 0 Å². The molecule has 0 spiro atoms. The highest BCUT2D eigenvalue weighted by Gasteiger charge is 2.28. The van der Waals surface area contributed by atoms with E-state index >= 15 is 0 Å². The van der Waals surface area contributed by atoms with E-state index in [1.165, 1.54) is 5.56 Å². The van der Waals surface area contributed by atoms with Gasteiger partial charge in [-0.2, -0.15) is 0 Å². The monoisotopic (exact) mass is 311 g/mol. The fourth-order valence-corrected chi connectivity index (χ4v) is 3.15. The van der Waals surface area contributed by atoms with Crippen molar-refractivity contribution in [1.29, 1.82) is 0 Å². The molecule has 0 aliphatic carbocycles. The van der Waals surface area contributed by atoms with Crippen molar-refractivity contribution in [1.82, 2.24) is 0 Å². The van der Waals surface area contributed by atoms with Crippen molar-refractivity contribution in [3.05, 3.63) is 101 Å². The van der Waals surface area contributed by atoms with Crippen LogP contribution in [0.3, 0.4) is 0 Å². The predicted molar refractivity (Wildman–Crippen MR) is 98.6 cm³/mol. The fraction of sp³-hybridized carbons (Fsp3) is 0.0455. The maximum atomic E-state index is 12.7. The molecule has 1 heterocycles. The van der Waals surface area contributed by atoms with Gasteiger partial charge in [-0.3, -0.25) is 4.79 Å². The predicted octanol–water partition coefficient (Wildman–Crippen LogP) is 4.91. The highest BCUT2D eigenvalue weighted by atomic mass is 16.2. The first-order chi connectivity index (χ1) is 11.7. The van der Waals surface area contributed by atoms with Crippen molar-refractivity contribution in [2.75, 3.05) is 5.32 Å². The molecule has 3 aromatic carbocycles. The number of para-hydroxylation sites is 1. The number of nitrogens with one attached hydrogen (secondary N) is 1. The van der Waals surface area contributed by atoms with Gasteiger partial charge in [-0.05, 0) is 24.1 Å². The molecule has 0 saturated heterocycles. The van der Waals surface area contributed by atoms with Crippen LogP contribution in [0.1, 0.15) is 22.3 Å². The number of benzene rings is 3. The lowest BCUT2D eigenvalue weighted by Gasteiger charge is -2.12.